The van der Waals surface area contributed by atoms with Crippen LogP contribution in [0.15, 0.2) is 10.7 Å². The number of furan rings is 1. The Hall–Kier alpha value is -2.11. The number of esters is 1. The molecule has 0 aliphatic heterocycles. The first kappa shape index (κ1) is 15.3. The van der Waals surface area contributed by atoms with Crippen molar-refractivity contribution in [3.05, 3.63) is 17.7 Å². The van der Waals surface area contributed by atoms with E-state index in [1.54, 1.807) is 13.8 Å². The summed E-state index contributed by atoms with van der Waals surface area (Å²) in [6.07, 6.45) is 3.60. The maximum absolute atomic E-state index is 12.2. The molecule has 0 bridgehead atoms. The van der Waals surface area contributed by atoms with Crippen LogP contribution in [0.2, 0.25) is 0 Å². The number of hydrogen-bond donors (Lipinski definition) is 0. The van der Waals surface area contributed by atoms with Gasteiger partial charge in [-0.3, -0.25) is 0 Å². The third kappa shape index (κ3) is 2.99. The maximum Gasteiger partial charge on any atom is 0.342 e. The van der Waals surface area contributed by atoms with E-state index in [-0.39, 0.29) is 0 Å². The molecule has 0 aromatic carbocycles. The second kappa shape index (κ2) is 6.56. The first-order valence-corrected chi connectivity index (χ1v) is 7.22. The lowest BCUT2D eigenvalue weighted by Crippen LogP contribution is -2.20. The minimum Gasteiger partial charge on any atom is -0.462 e. The average molecular weight is 291 g/mol. The van der Waals surface area contributed by atoms with Crippen molar-refractivity contribution in [1.29, 1.82) is 0 Å². The first-order chi connectivity index (χ1) is 10.1. The fourth-order valence-electron chi connectivity index (χ4n) is 2.27. The van der Waals surface area contributed by atoms with Gasteiger partial charge in [0.05, 0.1) is 12.0 Å². The van der Waals surface area contributed by atoms with Gasteiger partial charge in [0.1, 0.15) is 23.5 Å². The summed E-state index contributed by atoms with van der Waals surface area (Å²) in [5.41, 5.74) is 0.842. The van der Waals surface area contributed by atoms with Crippen molar-refractivity contribution in [3.63, 3.8) is 0 Å². The van der Waals surface area contributed by atoms with Gasteiger partial charge in [0.25, 0.3) is 0 Å². The molecule has 0 radical (unpaired) electrons. The number of fused-ring (bicyclic) bond motifs is 1. The summed E-state index contributed by atoms with van der Waals surface area (Å²) in [4.78, 5) is 22.6. The van der Waals surface area contributed by atoms with Crippen LogP contribution in [0.3, 0.4) is 0 Å². The van der Waals surface area contributed by atoms with E-state index in [2.05, 4.69) is 16.9 Å². The SMILES string of the molecule is CCCCN(C)c1ncnc2oc(C)c(C(=O)OCC)c12. The van der Waals surface area contributed by atoms with Gasteiger partial charge >= 0.3 is 5.97 Å². The van der Waals surface area contributed by atoms with Crippen LogP contribution in [0.1, 0.15) is 42.8 Å². The second-order valence-electron chi connectivity index (χ2n) is 4.91. The van der Waals surface area contributed by atoms with Gasteiger partial charge < -0.3 is 14.1 Å². The number of carbonyl (C=O) groups is 1. The van der Waals surface area contributed by atoms with Crippen LogP contribution in [0.5, 0.6) is 0 Å². The second-order valence-corrected chi connectivity index (χ2v) is 4.91. The third-order valence-electron chi connectivity index (χ3n) is 3.33. The summed E-state index contributed by atoms with van der Waals surface area (Å²) in [7, 11) is 1.95. The smallest absolute Gasteiger partial charge is 0.342 e. The molecule has 0 unspecified atom stereocenters. The minimum absolute atomic E-state index is 0.319. The van der Waals surface area contributed by atoms with Gasteiger partial charge in [-0.25, -0.2) is 14.8 Å². The molecule has 0 N–H and O–H groups in total. The molecule has 0 aliphatic carbocycles. The summed E-state index contributed by atoms with van der Waals surface area (Å²) >= 11 is 0. The molecule has 0 spiro atoms. The van der Waals surface area contributed by atoms with Crippen molar-refractivity contribution < 1.29 is 13.9 Å². The van der Waals surface area contributed by atoms with E-state index >= 15 is 0 Å². The highest BCUT2D eigenvalue weighted by atomic mass is 16.5. The van der Waals surface area contributed by atoms with E-state index in [4.69, 9.17) is 9.15 Å². The molecule has 0 atom stereocenters. The molecule has 0 saturated carbocycles. The topological polar surface area (TPSA) is 68.5 Å². The fourth-order valence-corrected chi connectivity index (χ4v) is 2.27. The standard InChI is InChI=1S/C15H21N3O3/c1-5-7-8-18(4)13-12-11(15(19)20-6-2)10(3)21-14(12)17-9-16-13/h9H,5-8H2,1-4H3. The molecule has 0 amide bonds. The van der Waals surface area contributed by atoms with Crippen molar-refractivity contribution in [2.75, 3.05) is 25.1 Å². The van der Waals surface area contributed by atoms with Crippen LogP contribution in [0.25, 0.3) is 11.1 Å². The van der Waals surface area contributed by atoms with Crippen molar-refractivity contribution in [1.82, 2.24) is 9.97 Å². The zero-order valence-corrected chi connectivity index (χ0v) is 13.0. The van der Waals surface area contributed by atoms with Gasteiger partial charge in [-0.15, -0.1) is 0 Å². The molecule has 21 heavy (non-hydrogen) atoms. The fraction of sp³-hybridized carbons (Fsp3) is 0.533. The molecule has 2 heterocycles. The van der Waals surface area contributed by atoms with Gasteiger partial charge in [-0.05, 0) is 20.3 Å². The van der Waals surface area contributed by atoms with Crippen molar-refractivity contribution >= 4 is 22.9 Å². The van der Waals surface area contributed by atoms with Crippen LogP contribution >= 0.6 is 0 Å². The monoisotopic (exact) mass is 291 g/mol. The number of hydrogen-bond acceptors (Lipinski definition) is 6. The van der Waals surface area contributed by atoms with Crippen molar-refractivity contribution in [2.45, 2.75) is 33.6 Å². The van der Waals surface area contributed by atoms with E-state index in [9.17, 15) is 4.79 Å². The largest absolute Gasteiger partial charge is 0.462 e. The van der Waals surface area contributed by atoms with Crippen LogP contribution in [-0.4, -0.2) is 36.1 Å². The lowest BCUT2D eigenvalue weighted by atomic mass is 10.1. The third-order valence-corrected chi connectivity index (χ3v) is 3.33. The summed E-state index contributed by atoms with van der Waals surface area (Å²) in [6, 6.07) is 0. The summed E-state index contributed by atoms with van der Waals surface area (Å²) in [5.74, 6) is 0.816. The predicted octanol–water partition coefficient (Wildman–Crippen LogP) is 2.94. The molecule has 2 aromatic rings. The van der Waals surface area contributed by atoms with Gasteiger partial charge in [-0.1, -0.05) is 13.3 Å². The van der Waals surface area contributed by atoms with Crippen LogP contribution in [0.4, 0.5) is 5.82 Å². The molecule has 6 heteroatoms. The Labute approximate surface area is 124 Å². The molecule has 6 nitrogen and oxygen atoms in total. The Kier molecular flexibility index (Phi) is 4.77. The number of unbranched alkanes of at least 4 members (excludes halogenated alkanes) is 1. The van der Waals surface area contributed by atoms with E-state index in [1.165, 1.54) is 6.33 Å². The average Bonchev–Trinajstić information content (AvgIpc) is 2.80. The van der Waals surface area contributed by atoms with Gasteiger partial charge in [-0.2, -0.15) is 0 Å². The Morgan fingerprint density at radius 1 is 1.38 bits per heavy atom. The van der Waals surface area contributed by atoms with E-state index in [1.807, 2.05) is 11.9 Å². The molecular formula is C15H21N3O3. The van der Waals surface area contributed by atoms with Gasteiger partial charge in [0.2, 0.25) is 5.71 Å². The number of rotatable bonds is 6. The zero-order valence-electron chi connectivity index (χ0n) is 13.0. The van der Waals surface area contributed by atoms with Gasteiger partial charge in [0.15, 0.2) is 0 Å². The van der Waals surface area contributed by atoms with Crippen LogP contribution in [0, 0.1) is 6.92 Å². The highest BCUT2D eigenvalue weighted by molar-refractivity contribution is 6.07. The molecular weight excluding hydrogens is 270 g/mol. The Balaban J connectivity index is 2.53. The van der Waals surface area contributed by atoms with E-state index < -0.39 is 5.97 Å². The minimum atomic E-state index is -0.395. The summed E-state index contributed by atoms with van der Waals surface area (Å²) in [5, 5.41) is 0.632. The quantitative estimate of drug-likeness (QED) is 0.762. The summed E-state index contributed by atoms with van der Waals surface area (Å²) in [6.45, 7) is 6.83. The normalized spacial score (nSPS) is 10.9. The van der Waals surface area contributed by atoms with Crippen molar-refractivity contribution in [3.8, 4) is 0 Å². The molecule has 0 saturated heterocycles. The lowest BCUT2D eigenvalue weighted by molar-refractivity contribution is 0.0526. The molecule has 114 valence electrons. The zero-order chi connectivity index (χ0) is 15.4. The number of aryl methyl sites for hydroxylation is 1. The Morgan fingerprint density at radius 3 is 2.81 bits per heavy atom. The Morgan fingerprint density at radius 2 is 2.14 bits per heavy atom. The number of anilines is 1. The number of carbonyl (C=O) groups excluding carboxylic acids is 1. The molecule has 0 aliphatic rings. The molecule has 2 aromatic heterocycles. The maximum atomic E-state index is 12.2. The number of aromatic nitrogens is 2. The van der Waals surface area contributed by atoms with Crippen LogP contribution in [-0.2, 0) is 4.74 Å². The first-order valence-electron chi connectivity index (χ1n) is 7.22. The molecule has 2 rings (SSSR count). The number of nitrogens with zero attached hydrogens (tertiary/aromatic N) is 3. The molecule has 0 fully saturated rings. The predicted molar refractivity (Wildman–Crippen MR) is 80.7 cm³/mol. The van der Waals surface area contributed by atoms with Crippen LogP contribution < -0.4 is 4.90 Å². The van der Waals surface area contributed by atoms with E-state index in [0.29, 0.717) is 34.8 Å². The number of ether oxygens (including phenoxy) is 1. The lowest BCUT2D eigenvalue weighted by Gasteiger charge is -2.18. The van der Waals surface area contributed by atoms with E-state index in [0.717, 1.165) is 19.4 Å². The highest BCUT2D eigenvalue weighted by Crippen LogP contribution is 2.31. The summed E-state index contributed by atoms with van der Waals surface area (Å²) < 4.78 is 10.7. The Bertz CT molecular complexity index is 636. The van der Waals surface area contributed by atoms with Gasteiger partial charge in [0, 0.05) is 13.6 Å². The highest BCUT2D eigenvalue weighted by Gasteiger charge is 2.24. The van der Waals surface area contributed by atoms with Crippen molar-refractivity contribution in [2.24, 2.45) is 0 Å².